The normalized spacial score (nSPS) is 9.00. The van der Waals surface area contributed by atoms with Gasteiger partial charge < -0.3 is 5.11 Å². The number of benzene rings is 1. The van der Waals surface area contributed by atoms with E-state index in [9.17, 15) is 4.79 Å². The maximum atomic E-state index is 10.8. The molecule has 2 nitrogen and oxygen atoms in total. The highest BCUT2D eigenvalue weighted by Gasteiger charge is 2.07. The van der Waals surface area contributed by atoms with Crippen LogP contribution < -0.4 is 0 Å². The smallest absolute Gasteiger partial charge is 0.336 e. The van der Waals surface area contributed by atoms with Gasteiger partial charge in [0.25, 0.3) is 0 Å². The van der Waals surface area contributed by atoms with Gasteiger partial charge in [0.1, 0.15) is 0 Å². The van der Waals surface area contributed by atoms with Gasteiger partial charge in [0, 0.05) is 5.56 Å². The van der Waals surface area contributed by atoms with Crippen LogP contribution in [0.2, 0.25) is 0 Å². The fourth-order valence-corrected chi connectivity index (χ4v) is 1.16. The van der Waals surface area contributed by atoms with Gasteiger partial charge in [-0.3, -0.25) is 0 Å². The van der Waals surface area contributed by atoms with Gasteiger partial charge in [-0.2, -0.15) is 12.6 Å². The van der Waals surface area contributed by atoms with Crippen LogP contribution in [-0.2, 0) is 0 Å². The van der Waals surface area contributed by atoms with Crippen LogP contribution in [0.5, 0.6) is 0 Å². The van der Waals surface area contributed by atoms with Crippen LogP contribution in [-0.4, -0.2) is 16.8 Å². The summed E-state index contributed by atoms with van der Waals surface area (Å²) in [4.78, 5) is 10.8. The van der Waals surface area contributed by atoms with E-state index in [0.29, 0.717) is 11.3 Å². The lowest BCUT2D eigenvalue weighted by molar-refractivity contribution is 0.0696. The lowest BCUT2D eigenvalue weighted by Gasteiger charge is -1.99. The molecule has 1 rings (SSSR count). The number of aromatic carboxylic acids is 1. The predicted octanol–water partition coefficient (Wildman–Crippen LogP) is 1.97. The van der Waals surface area contributed by atoms with Crippen molar-refractivity contribution < 1.29 is 9.90 Å². The molecule has 0 bridgehead atoms. The van der Waals surface area contributed by atoms with Crippen molar-refractivity contribution in [1.29, 1.82) is 0 Å². The van der Waals surface area contributed by atoms with Gasteiger partial charge in [-0.25, -0.2) is 4.79 Å². The molecular formula is C11H10O2S. The van der Waals surface area contributed by atoms with Crippen molar-refractivity contribution >= 4 is 18.6 Å². The lowest BCUT2D eigenvalue weighted by atomic mass is 10.1. The average molecular weight is 206 g/mol. The third kappa shape index (κ3) is 2.54. The van der Waals surface area contributed by atoms with Gasteiger partial charge in [-0.1, -0.05) is 17.9 Å². The molecule has 0 unspecified atom stereocenters. The van der Waals surface area contributed by atoms with Gasteiger partial charge in [0.2, 0.25) is 0 Å². The summed E-state index contributed by atoms with van der Waals surface area (Å²) in [6, 6.07) is 5.09. The number of thiol groups is 1. The van der Waals surface area contributed by atoms with Gasteiger partial charge >= 0.3 is 5.97 Å². The lowest BCUT2D eigenvalue weighted by Crippen LogP contribution is -2.00. The predicted molar refractivity (Wildman–Crippen MR) is 58.9 cm³/mol. The number of hydrogen-bond acceptors (Lipinski definition) is 2. The maximum absolute atomic E-state index is 10.8. The summed E-state index contributed by atoms with van der Waals surface area (Å²) in [5, 5.41) is 8.87. The molecule has 0 aliphatic heterocycles. The summed E-state index contributed by atoms with van der Waals surface area (Å²) in [6.45, 7) is 1.90. The van der Waals surface area contributed by atoms with E-state index in [0.717, 1.165) is 5.56 Å². The van der Waals surface area contributed by atoms with Crippen LogP contribution in [0.3, 0.4) is 0 Å². The number of aryl methyl sites for hydroxylation is 1. The number of rotatable bonds is 1. The Kier molecular flexibility index (Phi) is 3.61. The third-order valence-electron chi connectivity index (χ3n) is 1.71. The third-order valence-corrected chi connectivity index (χ3v) is 1.87. The quantitative estimate of drug-likeness (QED) is 0.544. The molecule has 0 radical (unpaired) electrons. The number of carbonyl (C=O) groups is 1. The molecule has 0 heterocycles. The van der Waals surface area contributed by atoms with Crippen molar-refractivity contribution in [3.63, 3.8) is 0 Å². The zero-order valence-electron chi connectivity index (χ0n) is 7.74. The van der Waals surface area contributed by atoms with Crippen LogP contribution >= 0.6 is 12.6 Å². The summed E-state index contributed by atoms with van der Waals surface area (Å²) in [5.41, 5.74) is 1.79. The zero-order valence-corrected chi connectivity index (χ0v) is 8.64. The Bertz CT molecular complexity index is 413. The molecule has 0 fully saturated rings. The van der Waals surface area contributed by atoms with Crippen LogP contribution in [0, 0.1) is 18.8 Å². The second-order valence-corrected chi connectivity index (χ2v) is 3.13. The number of carboxylic acid groups (broad SMARTS) is 1. The maximum Gasteiger partial charge on any atom is 0.336 e. The minimum absolute atomic E-state index is 0.241. The minimum atomic E-state index is -0.950. The first kappa shape index (κ1) is 10.7. The van der Waals surface area contributed by atoms with Gasteiger partial charge in [0.15, 0.2) is 0 Å². The summed E-state index contributed by atoms with van der Waals surface area (Å²) in [5.74, 6) is 4.99. The first-order valence-electron chi connectivity index (χ1n) is 4.09. The average Bonchev–Trinajstić information content (AvgIpc) is 2.14. The molecule has 0 aromatic heterocycles. The van der Waals surface area contributed by atoms with Crippen molar-refractivity contribution in [3.8, 4) is 11.8 Å². The van der Waals surface area contributed by atoms with E-state index < -0.39 is 5.97 Å². The Morgan fingerprint density at radius 1 is 1.57 bits per heavy atom. The topological polar surface area (TPSA) is 37.3 Å². The molecule has 1 aromatic carbocycles. The molecule has 1 aromatic rings. The molecule has 1 N–H and O–H groups in total. The Hall–Kier alpha value is -1.40. The summed E-state index contributed by atoms with van der Waals surface area (Å²) in [7, 11) is 0. The Morgan fingerprint density at radius 2 is 2.29 bits per heavy atom. The highest BCUT2D eigenvalue weighted by molar-refractivity contribution is 7.80. The second-order valence-electron chi connectivity index (χ2n) is 2.81. The first-order valence-corrected chi connectivity index (χ1v) is 4.72. The van der Waals surface area contributed by atoms with Crippen LogP contribution in [0.1, 0.15) is 21.5 Å². The zero-order chi connectivity index (χ0) is 10.6. The van der Waals surface area contributed by atoms with E-state index in [1.807, 2.05) is 6.92 Å². The standard InChI is InChI=1S/C11H10O2S/c1-8-4-5-10(11(12)13)9(7-8)3-2-6-14/h4-5,7,14H,6H2,1H3,(H,12,13). The van der Waals surface area contributed by atoms with E-state index in [2.05, 4.69) is 24.5 Å². The highest BCUT2D eigenvalue weighted by atomic mass is 32.1. The summed E-state index contributed by atoms with van der Waals surface area (Å²) < 4.78 is 0. The molecular weight excluding hydrogens is 196 g/mol. The molecule has 72 valence electrons. The molecule has 0 aliphatic rings. The SMILES string of the molecule is Cc1ccc(C(=O)O)c(C#CCS)c1. The molecule has 0 atom stereocenters. The van der Waals surface area contributed by atoms with E-state index in [-0.39, 0.29) is 5.56 Å². The van der Waals surface area contributed by atoms with Crippen LogP contribution in [0.4, 0.5) is 0 Å². The summed E-state index contributed by atoms with van der Waals surface area (Å²) in [6.07, 6.45) is 0. The fourth-order valence-electron chi connectivity index (χ4n) is 1.08. The molecule has 0 spiro atoms. The number of hydrogen-bond donors (Lipinski definition) is 2. The molecule has 14 heavy (non-hydrogen) atoms. The molecule has 0 saturated heterocycles. The summed E-state index contributed by atoms with van der Waals surface area (Å²) >= 11 is 3.94. The Morgan fingerprint density at radius 3 is 2.86 bits per heavy atom. The van der Waals surface area contributed by atoms with Gasteiger partial charge in [-0.15, -0.1) is 0 Å². The molecule has 0 amide bonds. The van der Waals surface area contributed by atoms with E-state index in [4.69, 9.17) is 5.11 Å². The Balaban J connectivity index is 3.22. The van der Waals surface area contributed by atoms with E-state index >= 15 is 0 Å². The van der Waals surface area contributed by atoms with Crippen molar-refractivity contribution in [2.75, 3.05) is 5.75 Å². The fraction of sp³-hybridized carbons (Fsp3) is 0.182. The van der Waals surface area contributed by atoms with Crippen LogP contribution in [0.25, 0.3) is 0 Å². The van der Waals surface area contributed by atoms with Crippen molar-refractivity contribution in [2.45, 2.75) is 6.92 Å². The monoisotopic (exact) mass is 206 g/mol. The molecule has 3 heteroatoms. The highest BCUT2D eigenvalue weighted by Crippen LogP contribution is 2.10. The minimum Gasteiger partial charge on any atom is -0.478 e. The van der Waals surface area contributed by atoms with Crippen molar-refractivity contribution in [1.82, 2.24) is 0 Å². The van der Waals surface area contributed by atoms with Crippen molar-refractivity contribution in [3.05, 3.63) is 34.9 Å². The van der Waals surface area contributed by atoms with Gasteiger partial charge in [0.05, 0.1) is 11.3 Å². The van der Waals surface area contributed by atoms with E-state index in [1.54, 1.807) is 18.2 Å². The van der Waals surface area contributed by atoms with Crippen molar-refractivity contribution in [2.24, 2.45) is 0 Å². The second kappa shape index (κ2) is 4.73. The van der Waals surface area contributed by atoms with E-state index in [1.165, 1.54) is 0 Å². The van der Waals surface area contributed by atoms with Gasteiger partial charge in [-0.05, 0) is 24.6 Å². The largest absolute Gasteiger partial charge is 0.478 e. The first-order chi connectivity index (χ1) is 6.65. The molecule has 0 aliphatic carbocycles. The molecule has 0 saturated carbocycles. The van der Waals surface area contributed by atoms with Crippen LogP contribution in [0.15, 0.2) is 18.2 Å². The Labute approximate surface area is 88.4 Å². The number of carboxylic acids is 1.